The molecular weight excluding hydrogens is 295 g/mol. The van der Waals surface area contributed by atoms with Gasteiger partial charge in [0.05, 0.1) is 16.5 Å². The quantitative estimate of drug-likeness (QED) is 0.909. The van der Waals surface area contributed by atoms with Gasteiger partial charge in [-0.15, -0.1) is 0 Å². The third-order valence-corrected chi connectivity index (χ3v) is 4.33. The van der Waals surface area contributed by atoms with Gasteiger partial charge in [-0.25, -0.2) is 0 Å². The van der Waals surface area contributed by atoms with E-state index < -0.39 is 0 Å². The summed E-state index contributed by atoms with van der Waals surface area (Å²) in [7, 11) is 0. The minimum atomic E-state index is 0.145. The second kappa shape index (κ2) is 6.79. The molecule has 2 rings (SSSR count). The highest BCUT2D eigenvalue weighted by atomic mass is 35.5. The fourth-order valence-corrected chi connectivity index (χ4v) is 2.88. The highest BCUT2D eigenvalue weighted by Gasteiger charge is 2.22. The van der Waals surface area contributed by atoms with Gasteiger partial charge in [0.1, 0.15) is 0 Å². The van der Waals surface area contributed by atoms with Crippen LogP contribution in [-0.4, -0.2) is 36.0 Å². The molecule has 1 saturated heterocycles. The van der Waals surface area contributed by atoms with Gasteiger partial charge in [-0.2, -0.15) is 0 Å². The Morgan fingerprint density at radius 2 is 2.05 bits per heavy atom. The lowest BCUT2D eigenvalue weighted by Crippen LogP contribution is -2.40. The largest absolute Gasteiger partial charge is 0.341 e. The molecule has 1 N–H and O–H groups in total. The molecule has 2 atom stereocenters. The second-order valence-electron chi connectivity index (χ2n) is 5.52. The maximum atomic E-state index is 12.4. The van der Waals surface area contributed by atoms with Crippen LogP contribution < -0.4 is 5.32 Å². The van der Waals surface area contributed by atoms with E-state index in [4.69, 9.17) is 23.2 Å². The van der Waals surface area contributed by atoms with Crippen LogP contribution in [-0.2, 0) is 11.2 Å². The van der Waals surface area contributed by atoms with E-state index in [2.05, 4.69) is 19.2 Å². The van der Waals surface area contributed by atoms with Gasteiger partial charge in [-0.05, 0) is 38.0 Å². The number of hydrogen-bond acceptors (Lipinski definition) is 2. The molecule has 5 heteroatoms. The zero-order chi connectivity index (χ0) is 14.7. The SMILES string of the molecule is C[C@@H]1CN(C(=O)Cc2ccc(Cl)c(Cl)c2)CC[C@H](C)N1. The molecule has 1 aliphatic rings. The van der Waals surface area contributed by atoms with E-state index >= 15 is 0 Å². The lowest BCUT2D eigenvalue weighted by molar-refractivity contribution is -0.130. The van der Waals surface area contributed by atoms with Gasteiger partial charge in [0.2, 0.25) is 5.91 Å². The highest BCUT2D eigenvalue weighted by molar-refractivity contribution is 6.42. The lowest BCUT2D eigenvalue weighted by Gasteiger charge is -2.22. The minimum absolute atomic E-state index is 0.145. The van der Waals surface area contributed by atoms with Crippen molar-refractivity contribution >= 4 is 29.1 Å². The molecule has 1 fully saturated rings. The highest BCUT2D eigenvalue weighted by Crippen LogP contribution is 2.23. The van der Waals surface area contributed by atoms with Crippen LogP contribution in [0.15, 0.2) is 18.2 Å². The zero-order valence-electron chi connectivity index (χ0n) is 11.8. The monoisotopic (exact) mass is 314 g/mol. The first-order valence-electron chi connectivity index (χ1n) is 6.93. The Hall–Kier alpha value is -0.770. The molecule has 0 bridgehead atoms. The van der Waals surface area contributed by atoms with Crippen LogP contribution in [0.25, 0.3) is 0 Å². The fourth-order valence-electron chi connectivity index (χ4n) is 2.56. The van der Waals surface area contributed by atoms with Gasteiger partial charge < -0.3 is 10.2 Å². The molecule has 1 amide bonds. The first kappa shape index (κ1) is 15.6. The molecule has 1 aromatic rings. The van der Waals surface area contributed by atoms with Crippen LogP contribution in [0.2, 0.25) is 10.0 Å². The Morgan fingerprint density at radius 3 is 2.75 bits per heavy atom. The van der Waals surface area contributed by atoms with Crippen molar-refractivity contribution in [3.05, 3.63) is 33.8 Å². The van der Waals surface area contributed by atoms with Crippen molar-refractivity contribution in [1.29, 1.82) is 0 Å². The van der Waals surface area contributed by atoms with Gasteiger partial charge in [-0.1, -0.05) is 29.3 Å². The number of carbonyl (C=O) groups is 1. The first-order chi connectivity index (χ1) is 9.45. The van der Waals surface area contributed by atoms with E-state index in [1.165, 1.54) is 0 Å². The number of rotatable bonds is 2. The average Bonchev–Trinajstić information content (AvgIpc) is 2.55. The summed E-state index contributed by atoms with van der Waals surface area (Å²) in [6.45, 7) is 5.83. The molecule has 3 nitrogen and oxygen atoms in total. The van der Waals surface area contributed by atoms with Gasteiger partial charge in [0.15, 0.2) is 0 Å². The average molecular weight is 315 g/mol. The smallest absolute Gasteiger partial charge is 0.227 e. The molecule has 20 heavy (non-hydrogen) atoms. The number of halogens is 2. The summed E-state index contributed by atoms with van der Waals surface area (Å²) in [5, 5.41) is 4.49. The maximum Gasteiger partial charge on any atom is 0.227 e. The van der Waals surface area contributed by atoms with Crippen molar-refractivity contribution in [3.8, 4) is 0 Å². The summed E-state index contributed by atoms with van der Waals surface area (Å²) < 4.78 is 0. The summed E-state index contributed by atoms with van der Waals surface area (Å²) in [6, 6.07) is 6.14. The molecule has 110 valence electrons. The third-order valence-electron chi connectivity index (χ3n) is 3.59. The topological polar surface area (TPSA) is 32.3 Å². The molecule has 1 aromatic carbocycles. The van der Waals surface area contributed by atoms with Crippen LogP contribution in [0.1, 0.15) is 25.8 Å². The van der Waals surface area contributed by atoms with Crippen LogP contribution in [0.3, 0.4) is 0 Å². The van der Waals surface area contributed by atoms with Crippen LogP contribution in [0.4, 0.5) is 0 Å². The van der Waals surface area contributed by atoms with E-state index in [9.17, 15) is 4.79 Å². The van der Waals surface area contributed by atoms with Crippen LogP contribution in [0.5, 0.6) is 0 Å². The number of carbonyl (C=O) groups excluding carboxylic acids is 1. The molecular formula is C15H20Cl2N2O. The first-order valence-corrected chi connectivity index (χ1v) is 7.69. The molecule has 1 heterocycles. The molecule has 0 saturated carbocycles. The Balaban J connectivity index is 2.01. The number of amides is 1. The number of hydrogen-bond donors (Lipinski definition) is 1. The van der Waals surface area contributed by atoms with Gasteiger partial charge in [0, 0.05) is 25.2 Å². The van der Waals surface area contributed by atoms with Crippen molar-refractivity contribution in [2.45, 2.75) is 38.8 Å². The predicted molar refractivity (Wildman–Crippen MR) is 83.4 cm³/mol. The summed E-state index contributed by atoms with van der Waals surface area (Å²) in [5.74, 6) is 0.145. The van der Waals surface area contributed by atoms with Gasteiger partial charge >= 0.3 is 0 Å². The molecule has 0 radical (unpaired) electrons. The second-order valence-corrected chi connectivity index (χ2v) is 6.34. The summed E-state index contributed by atoms with van der Waals surface area (Å²) in [4.78, 5) is 14.3. The van der Waals surface area contributed by atoms with E-state index in [1.54, 1.807) is 12.1 Å². The Bertz CT molecular complexity index is 493. The van der Waals surface area contributed by atoms with E-state index in [0.717, 1.165) is 25.1 Å². The van der Waals surface area contributed by atoms with Gasteiger partial charge in [-0.3, -0.25) is 4.79 Å². The zero-order valence-corrected chi connectivity index (χ0v) is 13.3. The normalized spacial score (nSPS) is 23.5. The molecule has 0 spiro atoms. The number of benzene rings is 1. The Morgan fingerprint density at radius 1 is 1.30 bits per heavy atom. The number of nitrogens with zero attached hydrogens (tertiary/aromatic N) is 1. The van der Waals surface area contributed by atoms with E-state index in [-0.39, 0.29) is 5.91 Å². The van der Waals surface area contributed by atoms with E-state index in [1.807, 2.05) is 11.0 Å². The van der Waals surface area contributed by atoms with Crippen molar-refractivity contribution in [2.24, 2.45) is 0 Å². The van der Waals surface area contributed by atoms with Crippen LogP contribution in [0, 0.1) is 0 Å². The summed E-state index contributed by atoms with van der Waals surface area (Å²) in [6.07, 6.45) is 1.36. The van der Waals surface area contributed by atoms with Crippen LogP contribution >= 0.6 is 23.2 Å². The van der Waals surface area contributed by atoms with Crippen molar-refractivity contribution < 1.29 is 4.79 Å². The van der Waals surface area contributed by atoms with Crippen molar-refractivity contribution in [1.82, 2.24) is 10.2 Å². The van der Waals surface area contributed by atoms with E-state index in [0.29, 0.717) is 28.5 Å². The summed E-state index contributed by atoms with van der Waals surface area (Å²) >= 11 is 11.9. The molecule has 0 unspecified atom stereocenters. The fraction of sp³-hybridized carbons (Fsp3) is 0.533. The standard InChI is InChI=1S/C15H20Cl2N2O/c1-10-5-6-19(9-11(2)18-10)15(20)8-12-3-4-13(16)14(17)7-12/h3-4,7,10-11,18H,5-6,8-9H2,1-2H3/t10-,11+/m0/s1. The Kier molecular flexibility index (Phi) is 5.30. The predicted octanol–water partition coefficient (Wildman–Crippen LogP) is 3.13. The number of nitrogens with one attached hydrogen (secondary N) is 1. The summed E-state index contributed by atoms with van der Waals surface area (Å²) in [5.41, 5.74) is 0.905. The van der Waals surface area contributed by atoms with Crippen molar-refractivity contribution in [3.63, 3.8) is 0 Å². The minimum Gasteiger partial charge on any atom is -0.341 e. The third kappa shape index (κ3) is 4.11. The lowest BCUT2D eigenvalue weighted by atomic mass is 10.1. The van der Waals surface area contributed by atoms with Gasteiger partial charge in [0.25, 0.3) is 0 Å². The molecule has 0 aromatic heterocycles. The maximum absolute atomic E-state index is 12.4. The Labute approximate surface area is 130 Å². The van der Waals surface area contributed by atoms with Crippen molar-refractivity contribution in [2.75, 3.05) is 13.1 Å². The molecule has 1 aliphatic heterocycles. The molecule has 0 aliphatic carbocycles.